The molecule has 7 heteroatoms. The predicted octanol–water partition coefficient (Wildman–Crippen LogP) is 4.36. The molecule has 0 fully saturated rings. The number of ether oxygens (including phenoxy) is 1. The molecule has 0 atom stereocenters. The number of carbonyl (C=O) groups excluding carboxylic acids is 1. The molecule has 2 aromatic carbocycles. The first-order chi connectivity index (χ1) is 13.3. The van der Waals surface area contributed by atoms with Crippen molar-refractivity contribution in [2.75, 3.05) is 5.43 Å². The first kappa shape index (κ1) is 16.9. The summed E-state index contributed by atoms with van der Waals surface area (Å²) in [5.41, 5.74) is 5.15. The molecule has 0 aliphatic rings. The largest absolute Gasteiger partial charge is 0.423 e. The van der Waals surface area contributed by atoms with Gasteiger partial charge in [-0.15, -0.1) is 0 Å². The number of para-hydroxylation sites is 1. The van der Waals surface area contributed by atoms with Crippen LogP contribution in [0.25, 0.3) is 10.2 Å². The monoisotopic (exact) mass is 374 g/mol. The number of nitrogens with zero attached hydrogens (tertiary/aromatic N) is 3. The van der Waals surface area contributed by atoms with Gasteiger partial charge in [-0.05, 0) is 54.1 Å². The minimum absolute atomic E-state index is 0.406. The van der Waals surface area contributed by atoms with Crippen LogP contribution in [0.1, 0.15) is 15.9 Å². The van der Waals surface area contributed by atoms with E-state index in [0.29, 0.717) is 11.3 Å². The molecule has 0 spiro atoms. The molecule has 0 aliphatic heterocycles. The van der Waals surface area contributed by atoms with Crippen molar-refractivity contribution in [3.05, 3.63) is 84.2 Å². The smallest absolute Gasteiger partial charge is 0.345 e. The van der Waals surface area contributed by atoms with Gasteiger partial charge >= 0.3 is 5.97 Å². The molecule has 132 valence electrons. The molecule has 2 heterocycles. The number of benzene rings is 2. The molecule has 0 saturated heterocycles. The van der Waals surface area contributed by atoms with E-state index >= 15 is 0 Å². The number of carbonyl (C=O) groups is 1. The molecule has 0 unspecified atom stereocenters. The first-order valence-electron chi connectivity index (χ1n) is 8.15. The predicted molar refractivity (Wildman–Crippen MR) is 106 cm³/mol. The van der Waals surface area contributed by atoms with E-state index in [9.17, 15) is 4.79 Å². The molecular weight excluding hydrogens is 360 g/mol. The van der Waals surface area contributed by atoms with Gasteiger partial charge in [-0.2, -0.15) is 5.10 Å². The highest BCUT2D eigenvalue weighted by atomic mass is 32.1. The van der Waals surface area contributed by atoms with E-state index in [-0.39, 0.29) is 0 Å². The van der Waals surface area contributed by atoms with Crippen molar-refractivity contribution >= 4 is 38.9 Å². The van der Waals surface area contributed by atoms with Crippen LogP contribution in [-0.4, -0.2) is 22.2 Å². The number of anilines is 1. The summed E-state index contributed by atoms with van der Waals surface area (Å²) in [5, 5.41) is 4.93. The third-order valence-corrected chi connectivity index (χ3v) is 4.60. The fourth-order valence-electron chi connectivity index (χ4n) is 2.35. The Labute approximate surface area is 159 Å². The van der Waals surface area contributed by atoms with Gasteiger partial charge in [0, 0.05) is 12.4 Å². The number of esters is 1. The zero-order valence-electron chi connectivity index (χ0n) is 14.1. The number of hydrogen-bond donors (Lipinski definition) is 1. The summed E-state index contributed by atoms with van der Waals surface area (Å²) in [6, 6.07) is 18.3. The third-order valence-electron chi connectivity index (χ3n) is 3.66. The average molecular weight is 374 g/mol. The topological polar surface area (TPSA) is 76.5 Å². The molecule has 4 aromatic rings. The van der Waals surface area contributed by atoms with Crippen LogP contribution < -0.4 is 10.2 Å². The number of aromatic nitrogens is 2. The second-order valence-corrected chi connectivity index (χ2v) is 6.59. The summed E-state index contributed by atoms with van der Waals surface area (Å²) in [6.07, 6.45) is 4.75. The number of nitrogens with one attached hydrogen (secondary N) is 1. The molecule has 6 nitrogen and oxygen atoms in total. The molecule has 27 heavy (non-hydrogen) atoms. The Hall–Kier alpha value is -3.58. The van der Waals surface area contributed by atoms with Gasteiger partial charge in [0.15, 0.2) is 0 Å². The van der Waals surface area contributed by atoms with Crippen molar-refractivity contribution in [1.82, 2.24) is 9.97 Å². The first-order valence-corrected chi connectivity index (χ1v) is 8.96. The highest BCUT2D eigenvalue weighted by Gasteiger charge is 2.08. The quantitative estimate of drug-likeness (QED) is 0.243. The Morgan fingerprint density at radius 1 is 1.07 bits per heavy atom. The lowest BCUT2D eigenvalue weighted by Crippen LogP contribution is -2.08. The summed E-state index contributed by atoms with van der Waals surface area (Å²) >= 11 is 1.54. The van der Waals surface area contributed by atoms with Crippen molar-refractivity contribution in [3.8, 4) is 5.75 Å². The Bertz CT molecular complexity index is 1060. The second-order valence-electron chi connectivity index (χ2n) is 5.56. The van der Waals surface area contributed by atoms with Gasteiger partial charge in [-0.3, -0.25) is 10.4 Å². The SMILES string of the molecule is O=C(Oc1ccc(/C=N/Nc2nc3ccccc3s2)cc1)c1cccnc1. The van der Waals surface area contributed by atoms with Crippen LogP contribution in [0.3, 0.4) is 0 Å². The maximum absolute atomic E-state index is 12.0. The van der Waals surface area contributed by atoms with Gasteiger partial charge in [-0.25, -0.2) is 9.78 Å². The fourth-order valence-corrected chi connectivity index (χ4v) is 3.17. The summed E-state index contributed by atoms with van der Waals surface area (Å²) < 4.78 is 6.42. The van der Waals surface area contributed by atoms with Gasteiger partial charge in [0.2, 0.25) is 5.13 Å². The van der Waals surface area contributed by atoms with E-state index in [1.54, 1.807) is 48.0 Å². The number of rotatable bonds is 5. The molecule has 0 amide bonds. The normalized spacial score (nSPS) is 11.0. The van der Waals surface area contributed by atoms with E-state index in [1.807, 2.05) is 36.4 Å². The maximum Gasteiger partial charge on any atom is 0.345 e. The highest BCUT2D eigenvalue weighted by molar-refractivity contribution is 7.22. The van der Waals surface area contributed by atoms with Gasteiger partial charge in [0.1, 0.15) is 5.75 Å². The van der Waals surface area contributed by atoms with Crippen LogP contribution >= 0.6 is 11.3 Å². The van der Waals surface area contributed by atoms with Crippen molar-refractivity contribution in [1.29, 1.82) is 0 Å². The summed E-state index contributed by atoms with van der Waals surface area (Å²) in [7, 11) is 0. The van der Waals surface area contributed by atoms with Crippen LogP contribution in [0, 0.1) is 0 Å². The Morgan fingerprint density at radius 3 is 2.70 bits per heavy atom. The number of fused-ring (bicyclic) bond motifs is 1. The minimum atomic E-state index is -0.443. The van der Waals surface area contributed by atoms with Gasteiger partial charge in [0.05, 0.1) is 22.0 Å². The molecule has 0 aliphatic carbocycles. The molecule has 0 radical (unpaired) electrons. The zero-order valence-corrected chi connectivity index (χ0v) is 14.9. The minimum Gasteiger partial charge on any atom is -0.423 e. The molecule has 0 saturated carbocycles. The Morgan fingerprint density at radius 2 is 1.93 bits per heavy atom. The van der Waals surface area contributed by atoms with Crippen molar-refractivity contribution in [3.63, 3.8) is 0 Å². The fraction of sp³-hybridized carbons (Fsp3) is 0. The maximum atomic E-state index is 12.0. The summed E-state index contributed by atoms with van der Waals surface area (Å²) in [6.45, 7) is 0. The second kappa shape index (κ2) is 7.76. The highest BCUT2D eigenvalue weighted by Crippen LogP contribution is 2.25. The number of hydrogen-bond acceptors (Lipinski definition) is 7. The lowest BCUT2D eigenvalue weighted by atomic mass is 10.2. The van der Waals surface area contributed by atoms with Crippen LogP contribution in [0.15, 0.2) is 78.2 Å². The summed E-state index contributed by atoms with van der Waals surface area (Å²) in [5.74, 6) is 0.0159. The lowest BCUT2D eigenvalue weighted by Gasteiger charge is -2.04. The number of pyridine rings is 1. The Balaban J connectivity index is 1.37. The van der Waals surface area contributed by atoms with E-state index in [2.05, 4.69) is 20.5 Å². The third kappa shape index (κ3) is 4.16. The standard InChI is InChI=1S/C20H14N4O2S/c25-19(15-4-3-11-21-13-15)26-16-9-7-14(8-10-16)12-22-24-20-23-17-5-1-2-6-18(17)27-20/h1-13H,(H,23,24)/b22-12+. The summed E-state index contributed by atoms with van der Waals surface area (Å²) in [4.78, 5) is 20.4. The van der Waals surface area contributed by atoms with E-state index in [1.165, 1.54) is 6.20 Å². The van der Waals surface area contributed by atoms with E-state index in [4.69, 9.17) is 4.74 Å². The van der Waals surface area contributed by atoms with Gasteiger partial charge in [0.25, 0.3) is 0 Å². The lowest BCUT2D eigenvalue weighted by molar-refractivity contribution is 0.0734. The van der Waals surface area contributed by atoms with Gasteiger partial charge in [-0.1, -0.05) is 23.5 Å². The van der Waals surface area contributed by atoms with Crippen molar-refractivity contribution < 1.29 is 9.53 Å². The van der Waals surface area contributed by atoms with E-state index < -0.39 is 5.97 Å². The molecule has 2 aromatic heterocycles. The number of thiazole rings is 1. The zero-order chi connectivity index (χ0) is 18.5. The van der Waals surface area contributed by atoms with Crippen LogP contribution in [0.4, 0.5) is 5.13 Å². The van der Waals surface area contributed by atoms with Crippen LogP contribution in [0.2, 0.25) is 0 Å². The number of hydrazone groups is 1. The molecule has 0 bridgehead atoms. The molecule has 4 rings (SSSR count). The van der Waals surface area contributed by atoms with E-state index in [0.717, 1.165) is 20.9 Å². The molecular formula is C20H14N4O2S. The average Bonchev–Trinajstić information content (AvgIpc) is 3.13. The van der Waals surface area contributed by atoms with Crippen LogP contribution in [-0.2, 0) is 0 Å². The molecule has 1 N–H and O–H groups in total. The van der Waals surface area contributed by atoms with Crippen LogP contribution in [0.5, 0.6) is 5.75 Å². The Kier molecular flexibility index (Phi) is 4.84. The van der Waals surface area contributed by atoms with Crippen molar-refractivity contribution in [2.45, 2.75) is 0 Å². The van der Waals surface area contributed by atoms with Gasteiger partial charge < -0.3 is 4.74 Å². The van der Waals surface area contributed by atoms with Crippen molar-refractivity contribution in [2.24, 2.45) is 5.10 Å².